The van der Waals surface area contributed by atoms with Gasteiger partial charge in [-0.15, -0.1) is 24.8 Å². The number of rotatable bonds is 6. The number of halogens is 2. The van der Waals surface area contributed by atoms with E-state index in [1.807, 2.05) is 6.20 Å². The summed E-state index contributed by atoms with van der Waals surface area (Å²) in [6.07, 6.45) is 6.88. The van der Waals surface area contributed by atoms with Gasteiger partial charge < -0.3 is 10.3 Å². The zero-order valence-corrected chi connectivity index (χ0v) is 15.7. The van der Waals surface area contributed by atoms with Crippen LogP contribution in [0.25, 0.3) is 0 Å². The van der Waals surface area contributed by atoms with Gasteiger partial charge in [0.2, 0.25) is 0 Å². The maximum Gasteiger partial charge on any atom is 0.106 e. The molecule has 1 aromatic heterocycles. The van der Waals surface area contributed by atoms with Crippen molar-refractivity contribution in [3.8, 4) is 0 Å². The summed E-state index contributed by atoms with van der Waals surface area (Å²) in [7, 11) is 0. The van der Waals surface area contributed by atoms with E-state index >= 15 is 0 Å². The van der Waals surface area contributed by atoms with E-state index in [-0.39, 0.29) is 24.8 Å². The molecule has 3 rings (SSSR count). The first kappa shape index (κ1) is 20.7. The molecular formula is C16H31Cl2N5. The Balaban J connectivity index is 0.00000132. The van der Waals surface area contributed by atoms with E-state index in [1.54, 1.807) is 0 Å². The minimum absolute atomic E-state index is 0. The number of imidazole rings is 1. The quantitative estimate of drug-likeness (QED) is 0.812. The summed E-state index contributed by atoms with van der Waals surface area (Å²) in [5.74, 6) is 1.16. The van der Waals surface area contributed by atoms with E-state index in [1.165, 1.54) is 64.2 Å². The highest BCUT2D eigenvalue weighted by Crippen LogP contribution is 2.13. The summed E-state index contributed by atoms with van der Waals surface area (Å²) >= 11 is 0. The molecule has 0 amide bonds. The molecule has 5 nitrogen and oxygen atoms in total. The third kappa shape index (κ3) is 5.91. The first-order valence-electron chi connectivity index (χ1n) is 8.55. The average Bonchev–Trinajstić information content (AvgIpc) is 3.17. The zero-order chi connectivity index (χ0) is 14.5. The van der Waals surface area contributed by atoms with Crippen LogP contribution in [0.3, 0.4) is 0 Å². The summed E-state index contributed by atoms with van der Waals surface area (Å²) in [6, 6.07) is 0.778. The third-order valence-electron chi connectivity index (χ3n) is 4.80. The lowest BCUT2D eigenvalue weighted by Crippen LogP contribution is -2.50. The molecule has 0 spiro atoms. The molecular weight excluding hydrogens is 333 g/mol. The van der Waals surface area contributed by atoms with Crippen LogP contribution < -0.4 is 5.32 Å². The van der Waals surface area contributed by atoms with Gasteiger partial charge in [0.05, 0.1) is 0 Å². The predicted molar refractivity (Wildman–Crippen MR) is 99.8 cm³/mol. The Morgan fingerprint density at radius 3 is 2.65 bits per heavy atom. The summed E-state index contributed by atoms with van der Waals surface area (Å²) < 4.78 is 0. The lowest BCUT2D eigenvalue weighted by Gasteiger charge is -2.37. The smallest absolute Gasteiger partial charge is 0.106 e. The number of unbranched alkanes of at least 4 members (excludes halogenated alkanes) is 1. The van der Waals surface area contributed by atoms with Gasteiger partial charge in [0.1, 0.15) is 5.82 Å². The average molecular weight is 364 g/mol. The highest BCUT2D eigenvalue weighted by atomic mass is 35.5. The summed E-state index contributed by atoms with van der Waals surface area (Å²) in [5.41, 5.74) is 1.28. The lowest BCUT2D eigenvalue weighted by molar-refractivity contribution is 0.0974. The molecule has 0 radical (unpaired) electrons. The van der Waals surface area contributed by atoms with Crippen molar-refractivity contribution in [2.24, 2.45) is 0 Å². The maximum absolute atomic E-state index is 4.50. The van der Waals surface area contributed by atoms with Crippen molar-refractivity contribution >= 4 is 24.8 Å². The molecule has 1 aromatic rings. The molecule has 7 heteroatoms. The molecule has 134 valence electrons. The molecule has 0 saturated carbocycles. The Hall–Kier alpha value is -0.330. The number of nitrogens with zero attached hydrogens (tertiary/aromatic N) is 3. The van der Waals surface area contributed by atoms with Crippen molar-refractivity contribution in [2.75, 3.05) is 39.3 Å². The number of nitrogens with one attached hydrogen (secondary N) is 2. The Morgan fingerprint density at radius 2 is 2.00 bits per heavy atom. The van der Waals surface area contributed by atoms with E-state index < -0.39 is 0 Å². The maximum atomic E-state index is 4.50. The predicted octanol–water partition coefficient (Wildman–Crippen LogP) is 2.08. The van der Waals surface area contributed by atoms with Gasteiger partial charge >= 0.3 is 0 Å². The standard InChI is InChI=1S/C16H29N5.2ClH/c1-2-3-4-16-18-11-14(19-16)13-20-7-9-21(10-8-20)15-5-6-17-12-15;;/h11,15,17H,2-10,12-13H2,1H3,(H,18,19);2*1H. The van der Waals surface area contributed by atoms with E-state index in [0.717, 1.165) is 24.8 Å². The van der Waals surface area contributed by atoms with Crippen LogP contribution in [0.2, 0.25) is 0 Å². The van der Waals surface area contributed by atoms with Gasteiger partial charge in [-0.3, -0.25) is 9.80 Å². The van der Waals surface area contributed by atoms with Gasteiger partial charge in [0.15, 0.2) is 0 Å². The second-order valence-electron chi connectivity index (χ2n) is 6.42. The van der Waals surface area contributed by atoms with Crippen molar-refractivity contribution in [3.05, 3.63) is 17.7 Å². The third-order valence-corrected chi connectivity index (χ3v) is 4.80. The van der Waals surface area contributed by atoms with Crippen LogP contribution in [0, 0.1) is 0 Å². The highest BCUT2D eigenvalue weighted by Gasteiger charge is 2.25. The van der Waals surface area contributed by atoms with Crippen LogP contribution in [-0.2, 0) is 13.0 Å². The molecule has 1 atom stereocenters. The SMILES string of the molecule is CCCCc1ncc(CN2CCN(C3CCNC3)CC2)[nH]1.Cl.Cl. The van der Waals surface area contributed by atoms with E-state index in [2.05, 4.69) is 32.0 Å². The lowest BCUT2D eigenvalue weighted by atomic mass is 10.2. The van der Waals surface area contributed by atoms with Gasteiger partial charge in [0.25, 0.3) is 0 Å². The van der Waals surface area contributed by atoms with Crippen LogP contribution in [0.5, 0.6) is 0 Å². The van der Waals surface area contributed by atoms with Gasteiger partial charge in [0, 0.05) is 63.6 Å². The normalized spacial score (nSPS) is 22.6. The fourth-order valence-electron chi connectivity index (χ4n) is 3.44. The van der Waals surface area contributed by atoms with Crippen molar-refractivity contribution in [1.29, 1.82) is 0 Å². The molecule has 1 unspecified atom stereocenters. The molecule has 2 aliphatic rings. The number of piperazine rings is 1. The van der Waals surface area contributed by atoms with Gasteiger partial charge in [-0.05, 0) is 19.4 Å². The first-order chi connectivity index (χ1) is 10.3. The number of hydrogen-bond acceptors (Lipinski definition) is 4. The van der Waals surface area contributed by atoms with Crippen LogP contribution in [0.15, 0.2) is 6.20 Å². The van der Waals surface area contributed by atoms with Crippen molar-refractivity contribution in [3.63, 3.8) is 0 Å². The van der Waals surface area contributed by atoms with Crippen LogP contribution in [0.1, 0.15) is 37.7 Å². The molecule has 2 fully saturated rings. The van der Waals surface area contributed by atoms with Crippen LogP contribution >= 0.6 is 24.8 Å². The van der Waals surface area contributed by atoms with Gasteiger partial charge in [-0.2, -0.15) is 0 Å². The van der Waals surface area contributed by atoms with Gasteiger partial charge in [-0.1, -0.05) is 13.3 Å². The molecule has 0 aromatic carbocycles. The number of hydrogen-bond donors (Lipinski definition) is 2. The zero-order valence-electron chi connectivity index (χ0n) is 14.1. The Labute approximate surface area is 152 Å². The summed E-state index contributed by atoms with van der Waals surface area (Å²) in [4.78, 5) is 13.2. The van der Waals surface area contributed by atoms with Crippen molar-refractivity contribution in [1.82, 2.24) is 25.1 Å². The molecule has 0 aliphatic carbocycles. The van der Waals surface area contributed by atoms with Crippen LogP contribution in [-0.4, -0.2) is 65.1 Å². The monoisotopic (exact) mass is 363 g/mol. The Kier molecular flexibility index (Phi) is 9.47. The van der Waals surface area contributed by atoms with E-state index in [9.17, 15) is 0 Å². The van der Waals surface area contributed by atoms with Crippen molar-refractivity contribution < 1.29 is 0 Å². The Morgan fingerprint density at radius 1 is 1.22 bits per heavy atom. The van der Waals surface area contributed by atoms with Gasteiger partial charge in [-0.25, -0.2) is 4.98 Å². The van der Waals surface area contributed by atoms with Crippen LogP contribution in [0.4, 0.5) is 0 Å². The molecule has 2 aliphatic heterocycles. The number of aromatic nitrogens is 2. The second kappa shape index (κ2) is 10.5. The fraction of sp³-hybridized carbons (Fsp3) is 0.812. The first-order valence-corrected chi connectivity index (χ1v) is 8.55. The second-order valence-corrected chi connectivity index (χ2v) is 6.42. The minimum Gasteiger partial charge on any atom is -0.345 e. The number of aromatic amines is 1. The molecule has 23 heavy (non-hydrogen) atoms. The fourth-order valence-corrected chi connectivity index (χ4v) is 3.44. The molecule has 0 bridgehead atoms. The number of aryl methyl sites for hydroxylation is 1. The van der Waals surface area contributed by atoms with E-state index in [0.29, 0.717) is 0 Å². The summed E-state index contributed by atoms with van der Waals surface area (Å²) in [6.45, 7) is 10.4. The molecule has 2 saturated heterocycles. The van der Waals surface area contributed by atoms with E-state index in [4.69, 9.17) is 0 Å². The Bertz CT molecular complexity index is 426. The largest absolute Gasteiger partial charge is 0.345 e. The highest BCUT2D eigenvalue weighted by molar-refractivity contribution is 5.85. The number of H-pyrrole nitrogens is 1. The summed E-state index contributed by atoms with van der Waals surface area (Å²) in [5, 5.41) is 3.47. The minimum atomic E-state index is 0. The topological polar surface area (TPSA) is 47.2 Å². The molecule has 2 N–H and O–H groups in total. The molecule has 3 heterocycles. The van der Waals surface area contributed by atoms with Crippen molar-refractivity contribution in [2.45, 2.75) is 45.2 Å².